The van der Waals surface area contributed by atoms with Gasteiger partial charge in [-0.3, -0.25) is 4.79 Å². The summed E-state index contributed by atoms with van der Waals surface area (Å²) in [6.07, 6.45) is 3.03. The molecule has 0 heterocycles. The minimum Gasteiger partial charge on any atom is -0.294 e. The highest BCUT2D eigenvalue weighted by molar-refractivity contribution is 6.17. The first kappa shape index (κ1) is 12.6. The summed E-state index contributed by atoms with van der Waals surface area (Å²) in [5.41, 5.74) is 0.821. The fourth-order valence-electron chi connectivity index (χ4n) is 2.65. The molecule has 0 N–H and O–H groups in total. The fourth-order valence-corrected chi connectivity index (χ4v) is 2.65. The summed E-state index contributed by atoms with van der Waals surface area (Å²) in [7, 11) is 0. The lowest BCUT2D eigenvalue weighted by molar-refractivity contribution is 0.0985. The van der Waals surface area contributed by atoms with Gasteiger partial charge in [0.15, 0.2) is 5.78 Å². The molecular formula is C19H16O. The summed E-state index contributed by atoms with van der Waals surface area (Å²) in [5, 5.41) is 4.50. The van der Waals surface area contributed by atoms with Crippen LogP contribution in [-0.4, -0.2) is 5.78 Å². The van der Waals surface area contributed by atoms with Crippen molar-refractivity contribution >= 4 is 27.3 Å². The van der Waals surface area contributed by atoms with Crippen molar-refractivity contribution in [3.05, 3.63) is 72.8 Å². The summed E-state index contributed by atoms with van der Waals surface area (Å²) in [5.74, 6) is 0.187. The van der Waals surface area contributed by atoms with E-state index in [1.54, 1.807) is 6.08 Å². The second-order valence-corrected chi connectivity index (χ2v) is 4.94. The van der Waals surface area contributed by atoms with Crippen LogP contribution < -0.4 is 0 Å². The van der Waals surface area contributed by atoms with Crippen molar-refractivity contribution in [1.29, 1.82) is 0 Å². The maximum Gasteiger partial charge on any atom is 0.163 e. The van der Waals surface area contributed by atoms with Crippen LogP contribution in [0.3, 0.4) is 0 Å². The quantitative estimate of drug-likeness (QED) is 0.360. The summed E-state index contributed by atoms with van der Waals surface area (Å²) in [4.78, 5) is 12.4. The fraction of sp³-hybridized carbons (Fsp3) is 0.105. The lowest BCUT2D eigenvalue weighted by Crippen LogP contribution is -2.00. The molecule has 0 aromatic heterocycles. The number of hydrogen-bond donors (Lipinski definition) is 0. The van der Waals surface area contributed by atoms with Crippen LogP contribution in [-0.2, 0) is 0 Å². The molecule has 0 atom stereocenters. The van der Waals surface area contributed by atoms with Crippen LogP contribution in [0.25, 0.3) is 21.5 Å². The number of Topliss-reactive ketones (excluding diaryl/α,β-unsaturated/α-hetero) is 1. The Morgan fingerprint density at radius 1 is 0.950 bits per heavy atom. The van der Waals surface area contributed by atoms with Crippen molar-refractivity contribution in [3.8, 4) is 0 Å². The van der Waals surface area contributed by atoms with E-state index in [-0.39, 0.29) is 5.78 Å². The lowest BCUT2D eigenvalue weighted by Gasteiger charge is -2.09. The molecule has 0 unspecified atom stereocenters. The minimum atomic E-state index is 0.187. The molecule has 20 heavy (non-hydrogen) atoms. The Hall–Kier alpha value is -2.41. The third-order valence-corrected chi connectivity index (χ3v) is 3.64. The molecule has 3 aromatic rings. The average Bonchev–Trinajstić information content (AvgIpc) is 2.52. The third kappa shape index (κ3) is 2.12. The molecule has 0 aliphatic heterocycles. The van der Waals surface area contributed by atoms with Crippen molar-refractivity contribution in [2.75, 3.05) is 0 Å². The van der Waals surface area contributed by atoms with Gasteiger partial charge in [-0.2, -0.15) is 0 Å². The molecule has 1 nitrogen and oxygen atoms in total. The molecule has 98 valence electrons. The van der Waals surface area contributed by atoms with Gasteiger partial charge in [0.2, 0.25) is 0 Å². The van der Waals surface area contributed by atoms with Gasteiger partial charge in [0.05, 0.1) is 0 Å². The van der Waals surface area contributed by atoms with Crippen LogP contribution >= 0.6 is 0 Å². The Labute approximate surface area is 118 Å². The second-order valence-electron chi connectivity index (χ2n) is 4.94. The zero-order valence-electron chi connectivity index (χ0n) is 11.3. The molecular weight excluding hydrogens is 244 g/mol. The van der Waals surface area contributed by atoms with Gasteiger partial charge < -0.3 is 0 Å². The first-order valence-electron chi connectivity index (χ1n) is 6.86. The topological polar surface area (TPSA) is 17.1 Å². The predicted octanol–water partition coefficient (Wildman–Crippen LogP) is 5.14. The molecule has 0 fully saturated rings. The predicted molar refractivity (Wildman–Crippen MR) is 85.2 cm³/mol. The first-order valence-corrected chi connectivity index (χ1v) is 6.86. The van der Waals surface area contributed by atoms with Crippen molar-refractivity contribution < 1.29 is 4.79 Å². The van der Waals surface area contributed by atoms with Crippen LogP contribution in [0.4, 0.5) is 0 Å². The Kier molecular flexibility index (Phi) is 3.34. The van der Waals surface area contributed by atoms with Crippen LogP contribution in [0.5, 0.6) is 0 Å². The number of hydrogen-bond acceptors (Lipinski definition) is 1. The van der Waals surface area contributed by atoms with Gasteiger partial charge in [0, 0.05) is 12.0 Å². The molecule has 0 aliphatic rings. The zero-order valence-corrected chi connectivity index (χ0v) is 11.3. The van der Waals surface area contributed by atoms with E-state index in [9.17, 15) is 4.79 Å². The molecule has 0 saturated carbocycles. The van der Waals surface area contributed by atoms with E-state index in [1.807, 2.05) is 36.4 Å². The Balaban J connectivity index is 2.29. The van der Waals surface area contributed by atoms with Crippen molar-refractivity contribution in [2.45, 2.75) is 12.8 Å². The van der Waals surface area contributed by atoms with Crippen LogP contribution in [0.2, 0.25) is 0 Å². The monoisotopic (exact) mass is 260 g/mol. The van der Waals surface area contributed by atoms with Gasteiger partial charge in [-0.05, 0) is 34.0 Å². The number of carbonyl (C=O) groups is 1. The summed E-state index contributed by atoms with van der Waals surface area (Å²) in [6, 6.07) is 18.4. The highest BCUT2D eigenvalue weighted by Crippen LogP contribution is 2.29. The molecule has 0 aliphatic carbocycles. The standard InChI is InChI=1S/C19H16O/c1-2-3-12-19(20)18-13-14-8-4-5-9-15(14)16-10-6-7-11-17(16)18/h2,4-11,13H,1,3,12H2. The van der Waals surface area contributed by atoms with Gasteiger partial charge in [-0.25, -0.2) is 0 Å². The maximum absolute atomic E-state index is 12.4. The van der Waals surface area contributed by atoms with Crippen molar-refractivity contribution in [2.24, 2.45) is 0 Å². The zero-order chi connectivity index (χ0) is 13.9. The van der Waals surface area contributed by atoms with Crippen LogP contribution in [0, 0.1) is 0 Å². The number of benzene rings is 3. The molecule has 3 aromatic carbocycles. The number of rotatable bonds is 4. The van der Waals surface area contributed by atoms with Crippen LogP contribution in [0.1, 0.15) is 23.2 Å². The van der Waals surface area contributed by atoms with E-state index < -0.39 is 0 Å². The number of ketones is 1. The molecule has 0 spiro atoms. The van der Waals surface area contributed by atoms with E-state index >= 15 is 0 Å². The molecule has 0 amide bonds. The van der Waals surface area contributed by atoms with Crippen LogP contribution in [0.15, 0.2) is 67.3 Å². The van der Waals surface area contributed by atoms with Gasteiger partial charge in [-0.15, -0.1) is 6.58 Å². The molecule has 0 saturated heterocycles. The van der Waals surface area contributed by atoms with E-state index in [4.69, 9.17) is 0 Å². The van der Waals surface area contributed by atoms with Gasteiger partial charge >= 0.3 is 0 Å². The van der Waals surface area contributed by atoms with E-state index in [0.717, 1.165) is 28.1 Å². The Morgan fingerprint density at radius 2 is 1.60 bits per heavy atom. The Morgan fingerprint density at radius 3 is 2.35 bits per heavy atom. The second kappa shape index (κ2) is 5.30. The number of carbonyl (C=O) groups excluding carboxylic acids is 1. The van der Waals surface area contributed by atoms with Gasteiger partial charge in [-0.1, -0.05) is 54.6 Å². The van der Waals surface area contributed by atoms with E-state index in [2.05, 4.69) is 24.8 Å². The van der Waals surface area contributed by atoms with E-state index in [0.29, 0.717) is 6.42 Å². The molecule has 0 bridgehead atoms. The summed E-state index contributed by atoms with van der Waals surface area (Å²) < 4.78 is 0. The minimum absolute atomic E-state index is 0.187. The first-order chi connectivity index (χ1) is 9.81. The third-order valence-electron chi connectivity index (χ3n) is 3.64. The van der Waals surface area contributed by atoms with Gasteiger partial charge in [0.25, 0.3) is 0 Å². The number of allylic oxidation sites excluding steroid dienone is 1. The highest BCUT2D eigenvalue weighted by Gasteiger charge is 2.11. The summed E-state index contributed by atoms with van der Waals surface area (Å²) >= 11 is 0. The summed E-state index contributed by atoms with van der Waals surface area (Å²) in [6.45, 7) is 3.69. The molecule has 1 heteroatoms. The SMILES string of the molecule is C=CCCC(=O)c1cc2ccccc2c2ccccc12. The molecule has 0 radical (unpaired) electrons. The van der Waals surface area contributed by atoms with Crippen molar-refractivity contribution in [3.63, 3.8) is 0 Å². The average molecular weight is 260 g/mol. The Bertz CT molecular complexity index is 799. The smallest absolute Gasteiger partial charge is 0.163 e. The highest BCUT2D eigenvalue weighted by atomic mass is 16.1. The normalized spacial score (nSPS) is 10.8. The van der Waals surface area contributed by atoms with Gasteiger partial charge in [0.1, 0.15) is 0 Å². The molecule has 3 rings (SSSR count). The maximum atomic E-state index is 12.4. The number of fused-ring (bicyclic) bond motifs is 3. The van der Waals surface area contributed by atoms with Crippen molar-refractivity contribution in [1.82, 2.24) is 0 Å². The lowest BCUT2D eigenvalue weighted by atomic mass is 9.94. The largest absolute Gasteiger partial charge is 0.294 e. The van der Waals surface area contributed by atoms with E-state index in [1.165, 1.54) is 5.39 Å².